The average molecular weight is 377 g/mol. The van der Waals surface area contributed by atoms with Crippen LogP contribution in [-0.4, -0.2) is 12.8 Å². The zero-order valence-electron chi connectivity index (χ0n) is 17.7. The fourth-order valence-corrected chi connectivity index (χ4v) is 4.37. The Morgan fingerprint density at radius 3 is 2.22 bits per heavy atom. The molecule has 0 radical (unpaired) electrons. The number of hydrogen-bond donors (Lipinski definition) is 0. The summed E-state index contributed by atoms with van der Waals surface area (Å²) in [6.07, 6.45) is 15.2. The van der Waals surface area contributed by atoms with Gasteiger partial charge in [-0.25, -0.2) is 4.39 Å². The Balaban J connectivity index is 1.66. The van der Waals surface area contributed by atoms with Crippen molar-refractivity contribution in [1.29, 1.82) is 0 Å². The summed E-state index contributed by atoms with van der Waals surface area (Å²) in [7, 11) is 0. The molecule has 27 heavy (non-hydrogen) atoms. The van der Waals surface area contributed by atoms with Crippen molar-refractivity contribution < 1.29 is 9.13 Å². The molecule has 0 N–H and O–H groups in total. The Bertz CT molecular complexity index is 476. The smallest absolute Gasteiger partial charge is 0.134 e. The van der Waals surface area contributed by atoms with Crippen molar-refractivity contribution in [3.63, 3.8) is 0 Å². The molecular weight excluding hydrogens is 335 g/mol. The molecule has 0 aromatic heterocycles. The fraction of sp³-hybridized carbons (Fsp3) is 0.760. The third-order valence-electron chi connectivity index (χ3n) is 6.22. The molecule has 1 aliphatic carbocycles. The van der Waals surface area contributed by atoms with Crippen LogP contribution in [0.4, 0.5) is 4.39 Å². The van der Waals surface area contributed by atoms with Gasteiger partial charge >= 0.3 is 0 Å². The highest BCUT2D eigenvalue weighted by atomic mass is 19.1. The second-order valence-electron chi connectivity index (χ2n) is 8.54. The molecule has 1 nitrogen and oxygen atoms in total. The van der Waals surface area contributed by atoms with Gasteiger partial charge in [-0.15, -0.1) is 0 Å². The molecule has 0 saturated heterocycles. The van der Waals surface area contributed by atoms with Crippen molar-refractivity contribution in [2.45, 2.75) is 109 Å². The molecule has 0 bridgehead atoms. The second-order valence-corrected chi connectivity index (χ2v) is 8.54. The van der Waals surface area contributed by atoms with Crippen LogP contribution in [-0.2, 0) is 0 Å². The summed E-state index contributed by atoms with van der Waals surface area (Å²) >= 11 is 0. The van der Waals surface area contributed by atoms with Crippen LogP contribution in [0.1, 0.15) is 109 Å². The van der Waals surface area contributed by atoms with Crippen molar-refractivity contribution in [2.24, 2.45) is 5.92 Å². The van der Waals surface area contributed by atoms with E-state index in [-0.39, 0.29) is 6.61 Å². The van der Waals surface area contributed by atoms with E-state index in [2.05, 4.69) is 26.0 Å². The molecule has 0 aliphatic heterocycles. The number of rotatable bonds is 13. The molecule has 1 aromatic carbocycles. The maximum Gasteiger partial charge on any atom is 0.134 e. The minimum atomic E-state index is -0.843. The molecule has 1 saturated carbocycles. The molecule has 2 heteroatoms. The molecule has 1 aliphatic rings. The third kappa shape index (κ3) is 8.66. The van der Waals surface area contributed by atoms with E-state index < -0.39 is 6.17 Å². The van der Waals surface area contributed by atoms with E-state index in [4.69, 9.17) is 4.74 Å². The van der Waals surface area contributed by atoms with Gasteiger partial charge in [0, 0.05) is 0 Å². The Labute approximate surface area is 167 Å². The Morgan fingerprint density at radius 1 is 0.889 bits per heavy atom. The molecule has 1 atom stereocenters. The molecule has 1 aromatic rings. The number of halogens is 1. The van der Waals surface area contributed by atoms with Gasteiger partial charge in [0.25, 0.3) is 0 Å². The zero-order chi connectivity index (χ0) is 19.3. The maximum absolute atomic E-state index is 13.9. The van der Waals surface area contributed by atoms with Crippen molar-refractivity contribution in [1.82, 2.24) is 0 Å². The SMILES string of the molecule is CCCCCCC(F)COc1ccc([C@H]2CC[C@H](CCCCC)CC2)cc1. The van der Waals surface area contributed by atoms with E-state index in [1.165, 1.54) is 69.8 Å². The lowest BCUT2D eigenvalue weighted by atomic mass is 9.77. The van der Waals surface area contributed by atoms with E-state index >= 15 is 0 Å². The van der Waals surface area contributed by atoms with Gasteiger partial charge in [0.2, 0.25) is 0 Å². The summed E-state index contributed by atoms with van der Waals surface area (Å²) in [4.78, 5) is 0. The number of unbranched alkanes of at least 4 members (excludes halogenated alkanes) is 5. The maximum atomic E-state index is 13.9. The monoisotopic (exact) mass is 376 g/mol. The van der Waals surface area contributed by atoms with Gasteiger partial charge in [-0.3, -0.25) is 0 Å². The van der Waals surface area contributed by atoms with Gasteiger partial charge in [0.15, 0.2) is 0 Å². The minimum absolute atomic E-state index is 0.189. The first-order chi connectivity index (χ1) is 13.2. The zero-order valence-corrected chi connectivity index (χ0v) is 17.7. The molecule has 0 amide bonds. The molecular formula is C25H41FO. The number of ether oxygens (including phenoxy) is 1. The van der Waals surface area contributed by atoms with Gasteiger partial charge in [-0.1, -0.05) is 77.3 Å². The highest BCUT2D eigenvalue weighted by molar-refractivity contribution is 5.29. The van der Waals surface area contributed by atoms with Crippen molar-refractivity contribution >= 4 is 0 Å². The van der Waals surface area contributed by atoms with Gasteiger partial charge in [-0.05, 0) is 61.6 Å². The van der Waals surface area contributed by atoms with E-state index in [0.717, 1.165) is 24.5 Å². The van der Waals surface area contributed by atoms with E-state index in [0.29, 0.717) is 12.3 Å². The number of benzene rings is 1. The predicted molar refractivity (Wildman–Crippen MR) is 114 cm³/mol. The predicted octanol–water partition coefficient (Wildman–Crippen LogP) is 8.23. The van der Waals surface area contributed by atoms with Crippen LogP contribution in [0.2, 0.25) is 0 Å². The molecule has 0 spiro atoms. The first kappa shape index (κ1) is 22.2. The van der Waals surface area contributed by atoms with Crippen molar-refractivity contribution in [3.8, 4) is 5.75 Å². The number of hydrogen-bond acceptors (Lipinski definition) is 1. The lowest BCUT2D eigenvalue weighted by molar-refractivity contribution is 0.184. The molecule has 1 fully saturated rings. The van der Waals surface area contributed by atoms with Crippen molar-refractivity contribution in [2.75, 3.05) is 6.61 Å². The second kappa shape index (κ2) is 13.2. The summed E-state index contributed by atoms with van der Waals surface area (Å²) in [5.41, 5.74) is 1.44. The van der Waals surface area contributed by atoms with Crippen LogP contribution >= 0.6 is 0 Å². The lowest BCUT2D eigenvalue weighted by Gasteiger charge is -2.29. The summed E-state index contributed by atoms with van der Waals surface area (Å²) in [5, 5.41) is 0. The first-order valence-corrected chi connectivity index (χ1v) is 11.6. The Hall–Kier alpha value is -1.05. The van der Waals surface area contributed by atoms with Gasteiger partial charge in [0.1, 0.15) is 18.5 Å². The van der Waals surface area contributed by atoms with Gasteiger partial charge < -0.3 is 4.74 Å². The minimum Gasteiger partial charge on any atom is -0.491 e. The standard InChI is InChI=1S/C25H41FO/c1-3-5-7-9-11-24(26)20-27-25-18-16-23(17-19-25)22-14-12-21(13-15-22)10-8-6-4-2/h16-19,21-22,24H,3-15,20H2,1-2H3/t21-,22-,24?. The van der Waals surface area contributed by atoms with Gasteiger partial charge in [-0.2, -0.15) is 0 Å². The van der Waals surface area contributed by atoms with E-state index in [9.17, 15) is 4.39 Å². The van der Waals surface area contributed by atoms with Gasteiger partial charge in [0.05, 0.1) is 0 Å². The van der Waals surface area contributed by atoms with Crippen LogP contribution < -0.4 is 4.74 Å². The largest absolute Gasteiger partial charge is 0.491 e. The molecule has 2 rings (SSSR count). The summed E-state index contributed by atoms with van der Waals surface area (Å²) < 4.78 is 19.6. The highest BCUT2D eigenvalue weighted by Crippen LogP contribution is 2.38. The number of alkyl halides is 1. The summed E-state index contributed by atoms with van der Waals surface area (Å²) in [6.45, 7) is 4.65. The third-order valence-corrected chi connectivity index (χ3v) is 6.22. The van der Waals surface area contributed by atoms with E-state index in [1.54, 1.807) is 0 Å². The average Bonchev–Trinajstić information content (AvgIpc) is 2.71. The first-order valence-electron chi connectivity index (χ1n) is 11.6. The van der Waals surface area contributed by atoms with Crippen molar-refractivity contribution in [3.05, 3.63) is 29.8 Å². The molecule has 0 heterocycles. The van der Waals surface area contributed by atoms with Crippen LogP contribution in [0, 0.1) is 5.92 Å². The van der Waals surface area contributed by atoms with Crippen LogP contribution in [0.15, 0.2) is 24.3 Å². The summed E-state index contributed by atoms with van der Waals surface area (Å²) in [5.74, 6) is 2.46. The normalized spacial score (nSPS) is 21.1. The highest BCUT2D eigenvalue weighted by Gasteiger charge is 2.22. The van der Waals surface area contributed by atoms with Crippen LogP contribution in [0.25, 0.3) is 0 Å². The topological polar surface area (TPSA) is 9.23 Å². The molecule has 1 unspecified atom stereocenters. The van der Waals surface area contributed by atoms with E-state index in [1.807, 2.05) is 12.1 Å². The Morgan fingerprint density at radius 2 is 1.56 bits per heavy atom. The van der Waals surface area contributed by atoms with Crippen LogP contribution in [0.3, 0.4) is 0 Å². The fourth-order valence-electron chi connectivity index (χ4n) is 4.37. The Kier molecular flexibility index (Phi) is 10.9. The van der Waals surface area contributed by atoms with Crippen LogP contribution in [0.5, 0.6) is 5.75 Å². The summed E-state index contributed by atoms with van der Waals surface area (Å²) in [6, 6.07) is 8.47. The molecule has 154 valence electrons. The lowest BCUT2D eigenvalue weighted by Crippen LogP contribution is -2.14. The quantitative estimate of drug-likeness (QED) is 0.315.